The fraction of sp³-hybridized carbons (Fsp3) is 0.357. The number of aromatic nitrogens is 3. The zero-order valence-electron chi connectivity index (χ0n) is 11.2. The molecule has 100 valence electrons. The molecule has 1 heterocycles. The van der Waals surface area contributed by atoms with Crippen LogP contribution in [-0.2, 0) is 13.5 Å². The molecule has 0 N–H and O–H groups in total. The van der Waals surface area contributed by atoms with Crippen molar-refractivity contribution in [2.75, 3.05) is 6.61 Å². The predicted octanol–water partition coefficient (Wildman–Crippen LogP) is 2.03. The van der Waals surface area contributed by atoms with Crippen LogP contribution >= 0.6 is 0 Å². The summed E-state index contributed by atoms with van der Waals surface area (Å²) in [6.07, 6.45) is 2.63. The molecule has 0 fully saturated rings. The van der Waals surface area contributed by atoms with Gasteiger partial charge in [0.25, 0.3) is 0 Å². The van der Waals surface area contributed by atoms with Gasteiger partial charge in [0.1, 0.15) is 17.9 Å². The van der Waals surface area contributed by atoms with Crippen LogP contribution in [0, 0.1) is 0 Å². The monoisotopic (exact) mass is 259 g/mol. The molecule has 1 aromatic carbocycles. The number of ether oxygens (including phenoxy) is 1. The van der Waals surface area contributed by atoms with Crippen LogP contribution in [0.25, 0.3) is 0 Å². The minimum atomic E-state index is 0.0121. The lowest BCUT2D eigenvalue weighted by atomic mass is 10.1. The summed E-state index contributed by atoms with van der Waals surface area (Å²) in [6.45, 7) is 2.70. The van der Waals surface area contributed by atoms with Gasteiger partial charge in [-0.2, -0.15) is 5.10 Å². The van der Waals surface area contributed by atoms with E-state index in [0.717, 1.165) is 12.2 Å². The van der Waals surface area contributed by atoms with E-state index in [1.54, 1.807) is 23.9 Å². The Kier molecular flexibility index (Phi) is 4.28. The van der Waals surface area contributed by atoms with E-state index in [4.69, 9.17) is 4.74 Å². The van der Waals surface area contributed by atoms with E-state index in [1.165, 1.54) is 6.33 Å². The van der Waals surface area contributed by atoms with Gasteiger partial charge in [-0.05, 0) is 18.6 Å². The van der Waals surface area contributed by atoms with Gasteiger partial charge in [0.15, 0.2) is 5.78 Å². The fourth-order valence-corrected chi connectivity index (χ4v) is 1.71. The second kappa shape index (κ2) is 6.13. The molecule has 2 rings (SSSR count). The van der Waals surface area contributed by atoms with Crippen LogP contribution in [0.1, 0.15) is 29.5 Å². The first-order valence-corrected chi connectivity index (χ1v) is 6.29. The third-order valence-corrected chi connectivity index (χ3v) is 2.75. The Morgan fingerprint density at radius 2 is 2.26 bits per heavy atom. The number of Topliss-reactive ketones (excluding diaryl/α,β-unsaturated/α-hetero) is 1. The minimum absolute atomic E-state index is 0.0121. The van der Waals surface area contributed by atoms with E-state index in [1.807, 2.05) is 19.1 Å². The van der Waals surface area contributed by atoms with Crippen LogP contribution < -0.4 is 4.74 Å². The highest BCUT2D eigenvalue weighted by atomic mass is 16.5. The predicted molar refractivity (Wildman–Crippen MR) is 71.3 cm³/mol. The van der Waals surface area contributed by atoms with Crippen molar-refractivity contribution in [3.8, 4) is 5.75 Å². The van der Waals surface area contributed by atoms with Crippen LogP contribution in [0.5, 0.6) is 5.75 Å². The first-order valence-electron chi connectivity index (χ1n) is 6.29. The first-order chi connectivity index (χ1) is 9.20. The van der Waals surface area contributed by atoms with Crippen molar-refractivity contribution in [1.29, 1.82) is 0 Å². The highest BCUT2D eigenvalue weighted by Crippen LogP contribution is 2.15. The molecule has 0 spiro atoms. The Morgan fingerprint density at radius 3 is 2.95 bits per heavy atom. The van der Waals surface area contributed by atoms with Crippen molar-refractivity contribution in [2.24, 2.45) is 7.05 Å². The van der Waals surface area contributed by atoms with Crippen LogP contribution in [0.2, 0.25) is 0 Å². The second-order valence-corrected chi connectivity index (χ2v) is 4.28. The van der Waals surface area contributed by atoms with Crippen molar-refractivity contribution in [1.82, 2.24) is 14.8 Å². The number of carbonyl (C=O) groups is 1. The molecule has 19 heavy (non-hydrogen) atoms. The van der Waals surface area contributed by atoms with Gasteiger partial charge in [-0.1, -0.05) is 19.1 Å². The number of hydrogen-bond donors (Lipinski definition) is 0. The first kappa shape index (κ1) is 13.3. The molecule has 5 nitrogen and oxygen atoms in total. The Hall–Kier alpha value is -2.17. The summed E-state index contributed by atoms with van der Waals surface area (Å²) >= 11 is 0. The Balaban J connectivity index is 2.08. The van der Waals surface area contributed by atoms with Crippen LogP contribution in [0.4, 0.5) is 0 Å². The SMILES string of the molecule is CCCOc1cccc(C(=O)Cc2ncnn2C)c1. The molecule has 0 atom stereocenters. The van der Waals surface area contributed by atoms with Crippen LogP contribution in [0.15, 0.2) is 30.6 Å². The average molecular weight is 259 g/mol. The second-order valence-electron chi connectivity index (χ2n) is 4.28. The van der Waals surface area contributed by atoms with E-state index in [2.05, 4.69) is 10.1 Å². The van der Waals surface area contributed by atoms with Gasteiger partial charge < -0.3 is 4.74 Å². The molecule has 0 bridgehead atoms. The number of aryl methyl sites for hydroxylation is 1. The quantitative estimate of drug-likeness (QED) is 0.745. The number of carbonyl (C=O) groups excluding carboxylic acids is 1. The molecule has 5 heteroatoms. The summed E-state index contributed by atoms with van der Waals surface area (Å²) in [6, 6.07) is 7.25. The normalized spacial score (nSPS) is 10.4. The van der Waals surface area contributed by atoms with Gasteiger partial charge in [0.05, 0.1) is 13.0 Å². The third kappa shape index (κ3) is 3.40. The van der Waals surface area contributed by atoms with E-state index < -0.39 is 0 Å². The van der Waals surface area contributed by atoms with Gasteiger partial charge in [-0.3, -0.25) is 9.48 Å². The summed E-state index contributed by atoms with van der Waals surface area (Å²) in [5.41, 5.74) is 0.636. The number of nitrogens with zero attached hydrogens (tertiary/aromatic N) is 3. The van der Waals surface area contributed by atoms with Gasteiger partial charge in [0, 0.05) is 12.6 Å². The summed E-state index contributed by atoms with van der Waals surface area (Å²) in [5.74, 6) is 1.40. The zero-order valence-corrected chi connectivity index (χ0v) is 11.2. The molecule has 2 aromatic rings. The molecular formula is C14H17N3O2. The molecule has 1 aromatic heterocycles. The summed E-state index contributed by atoms with van der Waals surface area (Å²) in [7, 11) is 1.77. The van der Waals surface area contributed by atoms with E-state index in [0.29, 0.717) is 18.0 Å². The highest BCUT2D eigenvalue weighted by molar-refractivity contribution is 5.97. The number of rotatable bonds is 6. The van der Waals surface area contributed by atoms with Crippen LogP contribution in [-0.4, -0.2) is 27.2 Å². The van der Waals surface area contributed by atoms with Crippen LogP contribution in [0.3, 0.4) is 0 Å². The maximum Gasteiger partial charge on any atom is 0.170 e. The number of hydrogen-bond acceptors (Lipinski definition) is 4. The summed E-state index contributed by atoms with van der Waals surface area (Å²) < 4.78 is 7.13. The molecule has 0 aliphatic carbocycles. The molecule has 0 amide bonds. The zero-order chi connectivity index (χ0) is 13.7. The largest absolute Gasteiger partial charge is 0.494 e. The van der Waals surface area contributed by atoms with Crippen molar-refractivity contribution < 1.29 is 9.53 Å². The highest BCUT2D eigenvalue weighted by Gasteiger charge is 2.11. The van der Waals surface area contributed by atoms with E-state index >= 15 is 0 Å². The Bertz CT molecular complexity index is 563. The molecule has 0 unspecified atom stereocenters. The van der Waals surface area contributed by atoms with Gasteiger partial charge in [-0.15, -0.1) is 0 Å². The van der Waals surface area contributed by atoms with Gasteiger partial charge in [0.2, 0.25) is 0 Å². The maximum atomic E-state index is 12.2. The van der Waals surface area contributed by atoms with Gasteiger partial charge in [-0.25, -0.2) is 4.98 Å². The molecule has 0 saturated heterocycles. The fourth-order valence-electron chi connectivity index (χ4n) is 1.71. The topological polar surface area (TPSA) is 57.0 Å². The lowest BCUT2D eigenvalue weighted by Gasteiger charge is -2.06. The standard InChI is InChI=1S/C14H17N3O2/c1-3-7-19-12-6-4-5-11(8-12)13(18)9-14-15-10-16-17(14)2/h4-6,8,10H,3,7,9H2,1-2H3. The van der Waals surface area contributed by atoms with Crippen molar-refractivity contribution >= 4 is 5.78 Å². The van der Waals surface area contributed by atoms with E-state index in [9.17, 15) is 4.79 Å². The lowest BCUT2D eigenvalue weighted by molar-refractivity contribution is 0.0989. The Morgan fingerprint density at radius 1 is 1.42 bits per heavy atom. The van der Waals surface area contributed by atoms with E-state index in [-0.39, 0.29) is 12.2 Å². The average Bonchev–Trinajstić information content (AvgIpc) is 2.82. The molecule has 0 radical (unpaired) electrons. The van der Waals surface area contributed by atoms with Crippen molar-refractivity contribution in [3.05, 3.63) is 42.0 Å². The lowest BCUT2D eigenvalue weighted by Crippen LogP contribution is -2.09. The Labute approximate surface area is 112 Å². The van der Waals surface area contributed by atoms with Crippen molar-refractivity contribution in [2.45, 2.75) is 19.8 Å². The number of ketones is 1. The molecule has 0 aliphatic heterocycles. The molecular weight excluding hydrogens is 242 g/mol. The minimum Gasteiger partial charge on any atom is -0.494 e. The maximum absolute atomic E-state index is 12.2. The molecule has 0 aliphatic rings. The smallest absolute Gasteiger partial charge is 0.170 e. The number of benzene rings is 1. The summed E-state index contributed by atoms with van der Waals surface area (Å²) in [5, 5.41) is 3.95. The van der Waals surface area contributed by atoms with Gasteiger partial charge >= 0.3 is 0 Å². The summed E-state index contributed by atoms with van der Waals surface area (Å²) in [4.78, 5) is 16.2. The van der Waals surface area contributed by atoms with Crippen molar-refractivity contribution in [3.63, 3.8) is 0 Å². The third-order valence-electron chi connectivity index (χ3n) is 2.75. The molecule has 0 saturated carbocycles.